The maximum Gasteiger partial charge on any atom is -0.00258 e. The number of hydrogen-bond donors (Lipinski definition) is 0. The van der Waals surface area contributed by atoms with Crippen molar-refractivity contribution in [1.82, 2.24) is 0 Å². The van der Waals surface area contributed by atoms with Crippen LogP contribution in [0.25, 0.3) is 0 Å². The normalized spacial score (nSPS) is 17.1. The van der Waals surface area contributed by atoms with Crippen LogP contribution in [0.1, 0.15) is 154 Å². The fraction of sp³-hybridized carbons (Fsp3) is 0.351. The van der Waals surface area contributed by atoms with Gasteiger partial charge in [-0.2, -0.15) is 0 Å². The molecule has 74 heavy (non-hydrogen) atoms. The van der Waals surface area contributed by atoms with Gasteiger partial charge in [0.15, 0.2) is 0 Å². The fourth-order valence-corrected chi connectivity index (χ4v) is 10.5. The van der Waals surface area contributed by atoms with Crippen LogP contribution in [0, 0.1) is 65.2 Å². The van der Waals surface area contributed by atoms with Crippen LogP contribution < -0.4 is 0 Å². The molecule has 8 aromatic rings. The quantitative estimate of drug-likeness (QED) is 0.114. The van der Waals surface area contributed by atoms with Crippen molar-refractivity contribution in [1.29, 1.82) is 0 Å². The molecule has 0 spiro atoms. The summed E-state index contributed by atoms with van der Waals surface area (Å²) >= 11 is 0. The van der Waals surface area contributed by atoms with Crippen molar-refractivity contribution in [2.75, 3.05) is 0 Å². The molecule has 0 heteroatoms. The van der Waals surface area contributed by atoms with Crippen molar-refractivity contribution in [2.24, 2.45) is 23.7 Å². The van der Waals surface area contributed by atoms with E-state index in [1.807, 2.05) is 0 Å². The Labute approximate surface area is 449 Å². The molecule has 8 aromatic carbocycles. The summed E-state index contributed by atoms with van der Waals surface area (Å²) in [6.45, 7) is 17.6. The second-order valence-corrected chi connectivity index (χ2v) is 22.9. The Hall–Kier alpha value is -6.24. The predicted octanol–water partition coefficient (Wildman–Crippen LogP) is 19.7. The van der Waals surface area contributed by atoms with Crippen molar-refractivity contribution < 1.29 is 0 Å². The minimum Gasteiger partial charge on any atom is -0.0625 e. The lowest BCUT2D eigenvalue weighted by Crippen LogP contribution is -2.14. The minimum atomic E-state index is 0.916. The van der Waals surface area contributed by atoms with E-state index in [0.29, 0.717) is 0 Å². The lowest BCUT2D eigenvalue weighted by atomic mass is 9.80. The van der Waals surface area contributed by atoms with Crippen LogP contribution in [0.2, 0.25) is 0 Å². The maximum atomic E-state index is 2.40. The van der Waals surface area contributed by atoms with Gasteiger partial charge in [0.2, 0.25) is 0 Å². The van der Waals surface area contributed by atoms with E-state index in [2.05, 4.69) is 250 Å². The van der Waals surface area contributed by atoms with Crippen molar-refractivity contribution in [3.05, 3.63) is 283 Å². The zero-order valence-corrected chi connectivity index (χ0v) is 46.7. The minimum absolute atomic E-state index is 0.916. The van der Waals surface area contributed by atoms with E-state index in [9.17, 15) is 0 Å². The van der Waals surface area contributed by atoms with Gasteiger partial charge in [0.25, 0.3) is 0 Å². The number of aryl methyl sites for hydroxylation is 6. The molecular formula is C74H88. The van der Waals surface area contributed by atoms with Crippen LogP contribution in [-0.2, 0) is 38.5 Å². The van der Waals surface area contributed by atoms with Crippen molar-refractivity contribution in [3.63, 3.8) is 0 Å². The van der Waals surface area contributed by atoms with Crippen LogP contribution in [0.3, 0.4) is 0 Å². The smallest absolute Gasteiger partial charge is 0.00258 e. The Morgan fingerprint density at radius 3 is 0.554 bits per heavy atom. The summed E-state index contributed by atoms with van der Waals surface area (Å²) in [5.74, 6) is 3.79. The monoisotopic (exact) mass is 977 g/mol. The van der Waals surface area contributed by atoms with E-state index in [-0.39, 0.29) is 0 Å². The molecule has 0 nitrogen and oxygen atoms in total. The summed E-state index contributed by atoms with van der Waals surface area (Å²) in [7, 11) is 0. The van der Waals surface area contributed by atoms with Crippen LogP contribution in [-0.4, -0.2) is 0 Å². The largest absolute Gasteiger partial charge is 0.0625 e. The van der Waals surface area contributed by atoms with Crippen molar-refractivity contribution in [2.45, 2.75) is 145 Å². The van der Waals surface area contributed by atoms with Gasteiger partial charge in [-0.25, -0.2) is 0 Å². The number of hydrogen-bond acceptors (Lipinski definition) is 0. The predicted molar refractivity (Wildman–Crippen MR) is 321 cm³/mol. The van der Waals surface area contributed by atoms with Crippen LogP contribution in [0.15, 0.2) is 194 Å². The maximum absolute atomic E-state index is 2.40. The van der Waals surface area contributed by atoms with Crippen LogP contribution in [0.5, 0.6) is 0 Å². The van der Waals surface area contributed by atoms with Gasteiger partial charge in [-0.15, -0.1) is 0 Å². The fourth-order valence-electron chi connectivity index (χ4n) is 10.5. The van der Waals surface area contributed by atoms with Gasteiger partial charge in [-0.1, -0.05) is 267 Å². The number of benzene rings is 8. The second-order valence-electron chi connectivity index (χ2n) is 22.9. The van der Waals surface area contributed by atoms with E-state index in [0.717, 1.165) is 49.4 Å². The molecule has 0 N–H and O–H groups in total. The Morgan fingerprint density at radius 2 is 0.365 bits per heavy atom. The molecule has 2 aliphatic rings. The molecule has 0 unspecified atom stereocenters. The summed E-state index contributed by atoms with van der Waals surface area (Å²) in [5, 5.41) is 0. The third kappa shape index (κ3) is 19.9. The molecular weight excluding hydrogens is 889 g/mol. The molecule has 384 valence electrons. The van der Waals surface area contributed by atoms with Gasteiger partial charge >= 0.3 is 0 Å². The average molecular weight is 978 g/mol. The molecule has 0 saturated heterocycles. The highest BCUT2D eigenvalue weighted by atomic mass is 14.2. The summed E-state index contributed by atoms with van der Waals surface area (Å²) in [6, 6.07) is 71.4. The molecule has 2 fully saturated rings. The molecule has 0 bridgehead atoms. The van der Waals surface area contributed by atoms with Gasteiger partial charge in [0.1, 0.15) is 0 Å². The average Bonchev–Trinajstić information content (AvgIpc) is 3.41. The summed E-state index contributed by atoms with van der Waals surface area (Å²) < 4.78 is 0. The molecule has 0 aromatic heterocycles. The summed E-state index contributed by atoms with van der Waals surface area (Å²) in [5.41, 5.74) is 22.1. The second kappa shape index (κ2) is 29.0. The lowest BCUT2D eigenvalue weighted by Gasteiger charge is -2.26. The summed E-state index contributed by atoms with van der Waals surface area (Å²) in [4.78, 5) is 0. The van der Waals surface area contributed by atoms with Gasteiger partial charge in [0, 0.05) is 0 Å². The van der Waals surface area contributed by atoms with E-state index in [1.54, 1.807) is 0 Å². The van der Waals surface area contributed by atoms with Crippen LogP contribution >= 0.6 is 0 Å². The molecule has 10 rings (SSSR count). The Bertz CT molecular complexity index is 2660. The highest BCUT2D eigenvalue weighted by Crippen LogP contribution is 2.32. The third-order valence-electron chi connectivity index (χ3n) is 15.7. The number of rotatable bonds is 12. The molecule has 2 saturated carbocycles. The van der Waals surface area contributed by atoms with Gasteiger partial charge < -0.3 is 0 Å². The van der Waals surface area contributed by atoms with E-state index < -0.39 is 0 Å². The first kappa shape index (κ1) is 55.5. The standard InChI is InChI=1S/C22H28.C22H22.C15H22.C15H16/c2*1-17-3-7-19(8-4-17)15-21-11-13-22(14-12-21)16-20-9-5-18(2)6-10-20;2*1-12-3-7-14(8-4-12)11-15-9-5-13(2)6-10-15/h3-4,7-8,11-14,18,20H,5-6,9-10,15-16H2,1-2H3;3-14H,15-16H2,1-2H3;3-4,7-8,13,15H,5-6,9-11H2,1-2H3;3-10H,11H2,1-2H3. The molecule has 0 atom stereocenters. The molecule has 0 amide bonds. The highest BCUT2D eigenvalue weighted by Gasteiger charge is 2.19. The molecule has 2 aliphatic carbocycles. The lowest BCUT2D eigenvalue weighted by molar-refractivity contribution is 0.289. The Kier molecular flexibility index (Phi) is 21.8. The van der Waals surface area contributed by atoms with E-state index >= 15 is 0 Å². The SMILES string of the molecule is Cc1ccc(CC2CCC(C)CC2)cc1.Cc1ccc(Cc2ccc(C)cc2)cc1.Cc1ccc(Cc2ccc(CC3CCC(C)CC3)cc2)cc1.Cc1ccc(Cc2ccc(Cc3ccc(C)cc3)cc2)cc1. The zero-order chi connectivity index (χ0) is 52.1. The molecule has 0 heterocycles. The van der Waals surface area contributed by atoms with Crippen molar-refractivity contribution >= 4 is 0 Å². The van der Waals surface area contributed by atoms with Gasteiger partial charge in [-0.3, -0.25) is 0 Å². The van der Waals surface area contributed by atoms with Gasteiger partial charge in [0.05, 0.1) is 0 Å². The van der Waals surface area contributed by atoms with Gasteiger partial charge in [-0.05, 0) is 185 Å². The Balaban J connectivity index is 0.000000147. The van der Waals surface area contributed by atoms with Crippen LogP contribution in [0.4, 0.5) is 0 Å². The molecule has 0 radical (unpaired) electrons. The first-order valence-corrected chi connectivity index (χ1v) is 28.3. The first-order chi connectivity index (χ1) is 35.8. The summed E-state index contributed by atoms with van der Waals surface area (Å²) in [6.07, 6.45) is 18.1. The van der Waals surface area contributed by atoms with E-state index in [1.165, 1.54) is 153 Å². The topological polar surface area (TPSA) is 0 Å². The van der Waals surface area contributed by atoms with Crippen molar-refractivity contribution in [3.8, 4) is 0 Å². The zero-order valence-electron chi connectivity index (χ0n) is 46.7. The third-order valence-corrected chi connectivity index (χ3v) is 15.7. The molecule has 0 aliphatic heterocycles. The Morgan fingerprint density at radius 1 is 0.216 bits per heavy atom. The highest BCUT2D eigenvalue weighted by molar-refractivity contribution is 5.35. The van der Waals surface area contributed by atoms with E-state index in [4.69, 9.17) is 0 Å². The first-order valence-electron chi connectivity index (χ1n) is 28.3.